The minimum atomic E-state index is -4.05. The van der Waals surface area contributed by atoms with Gasteiger partial charge >= 0.3 is 0 Å². The van der Waals surface area contributed by atoms with Crippen molar-refractivity contribution in [3.05, 3.63) is 50.4 Å². The third-order valence-electron chi connectivity index (χ3n) is 4.49. The van der Waals surface area contributed by atoms with E-state index in [0.29, 0.717) is 10.8 Å². The monoisotopic (exact) mass is 416 g/mol. The highest BCUT2D eigenvalue weighted by molar-refractivity contribution is 7.89. The van der Waals surface area contributed by atoms with Crippen molar-refractivity contribution in [1.29, 1.82) is 0 Å². The summed E-state index contributed by atoms with van der Waals surface area (Å²) in [7, 11) is -4.05. The molecular formula is C17H18ClFN2O3S2. The first kappa shape index (κ1) is 19.3. The van der Waals surface area contributed by atoms with E-state index < -0.39 is 21.7 Å². The minimum Gasteiger partial charge on any atom is -0.273 e. The van der Waals surface area contributed by atoms with Crippen LogP contribution in [-0.4, -0.2) is 14.3 Å². The molecule has 0 unspecified atom stereocenters. The van der Waals surface area contributed by atoms with Gasteiger partial charge in [-0.3, -0.25) is 10.2 Å². The number of carbonyl (C=O) groups excluding carboxylic acids is 1. The Hall–Kier alpha value is -1.48. The van der Waals surface area contributed by atoms with Gasteiger partial charge in [-0.2, -0.15) is 0 Å². The maximum Gasteiger partial charge on any atom is 0.276 e. The molecule has 2 N–H and O–H groups in total. The SMILES string of the molecule is CC[C@H]1CCc2sc(C(=O)NNS(=O)(=O)c3ccc(F)c(Cl)c3)cc2C1. The van der Waals surface area contributed by atoms with Crippen LogP contribution >= 0.6 is 22.9 Å². The fourth-order valence-corrected chi connectivity index (χ4v) is 5.15. The number of halogens is 2. The molecule has 1 atom stereocenters. The summed E-state index contributed by atoms with van der Waals surface area (Å²) in [6.45, 7) is 2.16. The van der Waals surface area contributed by atoms with Crippen LogP contribution < -0.4 is 10.3 Å². The first-order chi connectivity index (χ1) is 12.3. The fraction of sp³-hybridized carbons (Fsp3) is 0.353. The molecule has 26 heavy (non-hydrogen) atoms. The molecular weight excluding hydrogens is 399 g/mol. The van der Waals surface area contributed by atoms with Crippen molar-refractivity contribution in [3.8, 4) is 0 Å². The van der Waals surface area contributed by atoms with E-state index in [-0.39, 0.29) is 9.92 Å². The Bertz CT molecular complexity index is 943. The number of rotatable bonds is 5. The number of sulfonamides is 1. The zero-order valence-corrected chi connectivity index (χ0v) is 16.4. The molecule has 140 valence electrons. The van der Waals surface area contributed by atoms with Crippen LogP contribution in [0.3, 0.4) is 0 Å². The molecule has 5 nitrogen and oxygen atoms in total. The molecule has 9 heteroatoms. The largest absolute Gasteiger partial charge is 0.276 e. The van der Waals surface area contributed by atoms with Crippen molar-refractivity contribution in [2.45, 2.75) is 37.5 Å². The van der Waals surface area contributed by atoms with Crippen LogP contribution in [0.1, 0.15) is 39.9 Å². The van der Waals surface area contributed by atoms with Crippen LogP contribution in [0.15, 0.2) is 29.2 Å². The zero-order valence-electron chi connectivity index (χ0n) is 14.0. The first-order valence-corrected chi connectivity index (χ1v) is 10.9. The number of hydrogen-bond donors (Lipinski definition) is 2. The van der Waals surface area contributed by atoms with Crippen molar-refractivity contribution in [2.24, 2.45) is 5.92 Å². The van der Waals surface area contributed by atoms with E-state index in [4.69, 9.17) is 11.6 Å². The highest BCUT2D eigenvalue weighted by Crippen LogP contribution is 2.33. The van der Waals surface area contributed by atoms with E-state index in [9.17, 15) is 17.6 Å². The van der Waals surface area contributed by atoms with Gasteiger partial charge in [0.05, 0.1) is 14.8 Å². The summed E-state index contributed by atoms with van der Waals surface area (Å²) < 4.78 is 37.6. The number of thiophene rings is 1. The van der Waals surface area contributed by atoms with Crippen LogP contribution in [0, 0.1) is 11.7 Å². The Morgan fingerprint density at radius 3 is 2.85 bits per heavy atom. The molecule has 1 aromatic carbocycles. The zero-order chi connectivity index (χ0) is 18.9. The summed E-state index contributed by atoms with van der Waals surface area (Å²) in [6, 6.07) is 4.85. The van der Waals surface area contributed by atoms with Crippen molar-refractivity contribution < 1.29 is 17.6 Å². The second-order valence-electron chi connectivity index (χ2n) is 6.21. The molecule has 0 spiro atoms. The Kier molecular flexibility index (Phi) is 5.67. The molecule has 0 bridgehead atoms. The van der Waals surface area contributed by atoms with E-state index in [0.717, 1.165) is 43.9 Å². The molecule has 1 aliphatic carbocycles. The lowest BCUT2D eigenvalue weighted by atomic mass is 9.87. The van der Waals surface area contributed by atoms with Gasteiger partial charge in [0.25, 0.3) is 15.9 Å². The molecule has 1 aromatic heterocycles. The van der Waals surface area contributed by atoms with E-state index in [1.165, 1.54) is 21.8 Å². The van der Waals surface area contributed by atoms with E-state index in [1.807, 2.05) is 10.9 Å². The lowest BCUT2D eigenvalue weighted by molar-refractivity contribution is 0.0949. The Labute approximate surface area is 160 Å². The van der Waals surface area contributed by atoms with Crippen LogP contribution in [0.2, 0.25) is 5.02 Å². The molecule has 0 radical (unpaired) electrons. The van der Waals surface area contributed by atoms with E-state index in [1.54, 1.807) is 0 Å². The van der Waals surface area contributed by atoms with E-state index >= 15 is 0 Å². The van der Waals surface area contributed by atoms with Gasteiger partial charge in [0.1, 0.15) is 5.82 Å². The molecule has 0 saturated heterocycles. The summed E-state index contributed by atoms with van der Waals surface area (Å²) in [5.41, 5.74) is 3.38. The fourth-order valence-electron chi connectivity index (χ4n) is 2.94. The van der Waals surface area contributed by atoms with Gasteiger partial charge in [-0.25, -0.2) is 12.8 Å². The number of carbonyl (C=O) groups is 1. The number of amides is 1. The molecule has 1 aliphatic rings. The topological polar surface area (TPSA) is 75.3 Å². The molecule has 0 saturated carbocycles. The Balaban J connectivity index is 1.69. The minimum absolute atomic E-state index is 0.236. The second kappa shape index (κ2) is 7.64. The summed E-state index contributed by atoms with van der Waals surface area (Å²) in [5, 5.41) is -0.310. The van der Waals surface area contributed by atoms with Crippen molar-refractivity contribution >= 4 is 38.9 Å². The molecule has 0 aliphatic heterocycles. The Morgan fingerprint density at radius 2 is 2.15 bits per heavy atom. The summed E-state index contributed by atoms with van der Waals surface area (Å²) in [6.07, 6.45) is 4.13. The van der Waals surface area contributed by atoms with Gasteiger partial charge < -0.3 is 0 Å². The van der Waals surface area contributed by atoms with Gasteiger partial charge in [-0.05, 0) is 55.0 Å². The highest BCUT2D eigenvalue weighted by atomic mass is 35.5. The molecule has 0 fully saturated rings. The average molecular weight is 417 g/mol. The van der Waals surface area contributed by atoms with Crippen LogP contribution in [0.4, 0.5) is 4.39 Å². The normalized spacial score (nSPS) is 17.0. The average Bonchev–Trinajstić information content (AvgIpc) is 3.05. The third-order valence-corrected chi connectivity index (χ3v) is 7.26. The number of nitrogens with one attached hydrogen (secondary N) is 2. The lowest BCUT2D eigenvalue weighted by Crippen LogP contribution is -2.41. The van der Waals surface area contributed by atoms with Gasteiger partial charge in [0, 0.05) is 4.88 Å². The number of hydrazine groups is 1. The summed E-state index contributed by atoms with van der Waals surface area (Å²) in [5.74, 6) is -0.604. The smallest absolute Gasteiger partial charge is 0.273 e. The maximum atomic E-state index is 13.2. The summed E-state index contributed by atoms with van der Waals surface area (Å²) in [4.78, 5) is 15.7. The van der Waals surface area contributed by atoms with E-state index in [2.05, 4.69) is 12.3 Å². The number of benzene rings is 1. The predicted octanol–water partition coefficient (Wildman–Crippen LogP) is 3.68. The summed E-state index contributed by atoms with van der Waals surface area (Å²) >= 11 is 7.00. The van der Waals surface area contributed by atoms with Crippen molar-refractivity contribution in [3.63, 3.8) is 0 Å². The molecule has 2 aromatic rings. The first-order valence-electron chi connectivity index (χ1n) is 8.19. The van der Waals surface area contributed by atoms with Gasteiger partial charge in [0.2, 0.25) is 0 Å². The standard InChI is InChI=1S/C17H18ClFN2O3S2/c1-2-10-3-6-15-11(7-10)8-16(25-15)17(22)20-21-26(23,24)12-4-5-14(19)13(18)9-12/h4-5,8-10,21H,2-3,6-7H2,1H3,(H,20,22)/t10-/m0/s1. The van der Waals surface area contributed by atoms with Gasteiger partial charge in [-0.15, -0.1) is 16.2 Å². The lowest BCUT2D eigenvalue weighted by Gasteiger charge is -2.19. The second-order valence-corrected chi connectivity index (χ2v) is 9.44. The van der Waals surface area contributed by atoms with Gasteiger partial charge in [0.15, 0.2) is 0 Å². The number of hydrogen-bond acceptors (Lipinski definition) is 4. The van der Waals surface area contributed by atoms with Crippen molar-refractivity contribution in [2.75, 3.05) is 0 Å². The number of aryl methyl sites for hydroxylation is 1. The Morgan fingerprint density at radius 1 is 1.38 bits per heavy atom. The third kappa shape index (κ3) is 4.09. The predicted molar refractivity (Wildman–Crippen MR) is 99.3 cm³/mol. The highest BCUT2D eigenvalue weighted by Gasteiger charge is 2.23. The molecule has 1 heterocycles. The number of fused-ring (bicyclic) bond motifs is 1. The van der Waals surface area contributed by atoms with Crippen molar-refractivity contribution in [1.82, 2.24) is 10.3 Å². The maximum absolute atomic E-state index is 13.2. The van der Waals surface area contributed by atoms with Gasteiger partial charge in [-0.1, -0.05) is 24.9 Å². The molecule has 1 amide bonds. The quantitative estimate of drug-likeness (QED) is 0.730. The van der Waals surface area contributed by atoms with Crippen LogP contribution in [0.25, 0.3) is 0 Å². The van der Waals surface area contributed by atoms with Crippen LogP contribution in [0.5, 0.6) is 0 Å². The van der Waals surface area contributed by atoms with Crippen LogP contribution in [-0.2, 0) is 22.9 Å². The molecule has 3 rings (SSSR count).